The molecule has 41 heavy (non-hydrogen) atoms. The van der Waals surface area contributed by atoms with Gasteiger partial charge in [0.1, 0.15) is 24.2 Å². The zero-order valence-corrected chi connectivity index (χ0v) is 26.6. The second kappa shape index (κ2) is 16.1. The van der Waals surface area contributed by atoms with Crippen molar-refractivity contribution < 1.29 is 32.7 Å². The first-order valence-electron chi connectivity index (χ1n) is 12.9. The predicted octanol–water partition coefficient (Wildman–Crippen LogP) is 7.62. The first-order valence-corrected chi connectivity index (χ1v) is 15.5. The van der Waals surface area contributed by atoms with Crippen LogP contribution in [0, 0.1) is 0 Å². The topological polar surface area (TPSA) is 86.7 Å². The van der Waals surface area contributed by atoms with Gasteiger partial charge in [-0.25, -0.2) is 4.57 Å². The lowest BCUT2D eigenvalue weighted by atomic mass is 10.0. The number of nitrogens with zero attached hydrogens (tertiary/aromatic N) is 1. The molecule has 1 N–H and O–H groups in total. The minimum absolute atomic E-state index is 0.198. The number of ether oxygens (including phenoxy) is 3. The standard InChI is InChI=1S/C29H35Cl3NO7P/c1-20(25-15-27(31)28(32)16-26(25)30)40-41(34,35)39-19-38-24(17-33(2)3)18-37-29-11-6-5-9-22(29)13-12-21-8-7-10-23(14-21)36-4/h5-11,14-16,20,24H,12-13,17-19H2,1-4H3,(H,34,35)/t20?,24-/m0/s1. The molecule has 0 spiro atoms. The highest BCUT2D eigenvalue weighted by Crippen LogP contribution is 2.49. The van der Waals surface area contributed by atoms with Crippen molar-refractivity contribution in [3.8, 4) is 11.5 Å². The minimum Gasteiger partial charge on any atom is -0.497 e. The maximum Gasteiger partial charge on any atom is 0.474 e. The quantitative estimate of drug-likeness (QED) is 0.0967. The van der Waals surface area contributed by atoms with Gasteiger partial charge in [0.05, 0.1) is 23.3 Å². The summed E-state index contributed by atoms with van der Waals surface area (Å²) in [6.07, 6.45) is 0.235. The van der Waals surface area contributed by atoms with Crippen LogP contribution in [0.2, 0.25) is 15.1 Å². The molecule has 12 heteroatoms. The third-order valence-corrected chi connectivity index (χ3v) is 8.14. The van der Waals surface area contributed by atoms with Crippen LogP contribution in [-0.4, -0.2) is 57.0 Å². The Hall–Kier alpha value is -1.84. The summed E-state index contributed by atoms with van der Waals surface area (Å²) < 4.78 is 40.2. The van der Waals surface area contributed by atoms with Crippen molar-refractivity contribution in [3.63, 3.8) is 0 Å². The smallest absolute Gasteiger partial charge is 0.474 e. The zero-order chi connectivity index (χ0) is 30.0. The van der Waals surface area contributed by atoms with E-state index in [4.69, 9.17) is 58.1 Å². The Morgan fingerprint density at radius 3 is 2.41 bits per heavy atom. The minimum atomic E-state index is -4.50. The third kappa shape index (κ3) is 11.1. The molecule has 0 radical (unpaired) electrons. The van der Waals surface area contributed by atoms with E-state index in [9.17, 15) is 9.46 Å². The molecule has 0 amide bonds. The van der Waals surface area contributed by atoms with E-state index in [2.05, 4.69) is 6.07 Å². The molecule has 3 aromatic rings. The summed E-state index contributed by atoms with van der Waals surface area (Å²) in [6, 6.07) is 18.7. The SMILES string of the molecule is COc1cccc(CCc2ccccc2OC[C@H](CN(C)C)OCOP(=O)(O)OC(C)c2cc(Cl)c(Cl)cc2Cl)c1. The maximum atomic E-state index is 12.6. The molecular weight excluding hydrogens is 612 g/mol. The molecule has 3 rings (SSSR count). The third-order valence-electron chi connectivity index (χ3n) is 6.07. The van der Waals surface area contributed by atoms with Gasteiger partial charge in [0, 0.05) is 17.1 Å². The largest absolute Gasteiger partial charge is 0.497 e. The van der Waals surface area contributed by atoms with Gasteiger partial charge in [-0.05, 0) is 75.3 Å². The van der Waals surface area contributed by atoms with Crippen LogP contribution in [-0.2, 0) is 31.2 Å². The molecule has 8 nitrogen and oxygen atoms in total. The van der Waals surface area contributed by atoms with E-state index in [0.29, 0.717) is 12.1 Å². The zero-order valence-electron chi connectivity index (χ0n) is 23.4. The normalized spacial score (nSPS) is 14.5. The van der Waals surface area contributed by atoms with Crippen LogP contribution in [0.1, 0.15) is 29.7 Å². The van der Waals surface area contributed by atoms with Gasteiger partial charge in [-0.1, -0.05) is 65.1 Å². The van der Waals surface area contributed by atoms with E-state index in [0.717, 1.165) is 35.5 Å². The fourth-order valence-electron chi connectivity index (χ4n) is 4.03. The van der Waals surface area contributed by atoms with Crippen molar-refractivity contribution >= 4 is 42.6 Å². The van der Waals surface area contributed by atoms with E-state index >= 15 is 0 Å². The Morgan fingerprint density at radius 1 is 0.951 bits per heavy atom. The summed E-state index contributed by atoms with van der Waals surface area (Å²) in [6.45, 7) is 1.74. The number of halogens is 3. The summed E-state index contributed by atoms with van der Waals surface area (Å²) in [7, 11) is 0.931. The van der Waals surface area contributed by atoms with Crippen molar-refractivity contribution in [3.05, 3.63) is 92.4 Å². The average molecular weight is 647 g/mol. The number of phosphoric ester groups is 1. The van der Waals surface area contributed by atoms with Gasteiger partial charge in [-0.3, -0.25) is 9.05 Å². The monoisotopic (exact) mass is 645 g/mol. The van der Waals surface area contributed by atoms with Gasteiger partial charge >= 0.3 is 7.82 Å². The molecule has 0 saturated carbocycles. The predicted molar refractivity (Wildman–Crippen MR) is 163 cm³/mol. The Balaban J connectivity index is 1.55. The first kappa shape index (κ1) is 33.7. The molecule has 0 saturated heterocycles. The van der Waals surface area contributed by atoms with Crippen molar-refractivity contribution in [1.29, 1.82) is 0 Å². The van der Waals surface area contributed by atoms with E-state index in [1.807, 2.05) is 61.5 Å². The second-order valence-corrected chi connectivity index (χ2v) is 12.2. The average Bonchev–Trinajstić information content (AvgIpc) is 2.92. The maximum absolute atomic E-state index is 12.6. The number of hydrogen-bond acceptors (Lipinski definition) is 7. The molecule has 0 aliphatic carbocycles. The van der Waals surface area contributed by atoms with Crippen LogP contribution in [0.15, 0.2) is 60.7 Å². The highest BCUT2D eigenvalue weighted by Gasteiger charge is 2.28. The number of methoxy groups -OCH3 is 1. The van der Waals surface area contributed by atoms with Gasteiger partial charge in [0.25, 0.3) is 0 Å². The highest BCUT2D eigenvalue weighted by molar-refractivity contribution is 7.47. The molecule has 0 aliphatic rings. The van der Waals surface area contributed by atoms with Gasteiger partial charge in [-0.15, -0.1) is 0 Å². The van der Waals surface area contributed by atoms with E-state index < -0.39 is 26.8 Å². The van der Waals surface area contributed by atoms with E-state index in [1.54, 1.807) is 14.0 Å². The number of benzene rings is 3. The summed E-state index contributed by atoms with van der Waals surface area (Å²) >= 11 is 18.2. The van der Waals surface area contributed by atoms with Gasteiger partial charge in [0.2, 0.25) is 0 Å². The molecule has 224 valence electrons. The van der Waals surface area contributed by atoms with Crippen LogP contribution in [0.3, 0.4) is 0 Å². The number of rotatable bonds is 16. The summed E-state index contributed by atoms with van der Waals surface area (Å²) in [5, 5.41) is 0.750. The summed E-state index contributed by atoms with van der Waals surface area (Å²) in [5.41, 5.74) is 2.61. The number of hydrogen-bond donors (Lipinski definition) is 1. The van der Waals surface area contributed by atoms with Crippen molar-refractivity contribution in [2.24, 2.45) is 0 Å². The van der Waals surface area contributed by atoms with E-state index in [-0.39, 0.29) is 21.7 Å². The lowest BCUT2D eigenvalue weighted by Gasteiger charge is -2.24. The van der Waals surface area contributed by atoms with Gasteiger partial charge in [-0.2, -0.15) is 0 Å². The molecule has 3 aromatic carbocycles. The van der Waals surface area contributed by atoms with Crippen LogP contribution >= 0.6 is 42.6 Å². The Kier molecular flexibility index (Phi) is 13.2. The molecule has 0 aromatic heterocycles. The first-order chi connectivity index (χ1) is 19.5. The molecule has 0 bridgehead atoms. The lowest BCUT2D eigenvalue weighted by molar-refractivity contribution is -0.0733. The summed E-state index contributed by atoms with van der Waals surface area (Å²) in [4.78, 5) is 12.2. The number of para-hydroxylation sites is 1. The molecule has 0 aliphatic heterocycles. The molecule has 3 atom stereocenters. The van der Waals surface area contributed by atoms with E-state index in [1.165, 1.54) is 12.1 Å². The van der Waals surface area contributed by atoms with Crippen molar-refractivity contribution in [2.45, 2.75) is 32.0 Å². The number of likely N-dealkylation sites (N-methyl/N-ethyl adjacent to an activating group) is 1. The Morgan fingerprint density at radius 2 is 1.68 bits per heavy atom. The fourth-order valence-corrected chi connectivity index (χ4v) is 5.51. The number of aryl methyl sites for hydroxylation is 2. The van der Waals surface area contributed by atoms with Crippen LogP contribution in [0.5, 0.6) is 11.5 Å². The molecule has 0 heterocycles. The van der Waals surface area contributed by atoms with Crippen LogP contribution < -0.4 is 9.47 Å². The lowest BCUT2D eigenvalue weighted by Crippen LogP contribution is -2.34. The van der Waals surface area contributed by atoms with Gasteiger partial charge < -0.3 is 24.0 Å². The van der Waals surface area contributed by atoms with Crippen molar-refractivity contribution in [1.82, 2.24) is 4.90 Å². The van der Waals surface area contributed by atoms with Crippen LogP contribution in [0.25, 0.3) is 0 Å². The summed E-state index contributed by atoms with van der Waals surface area (Å²) in [5.74, 6) is 1.57. The van der Waals surface area contributed by atoms with Crippen molar-refractivity contribution in [2.75, 3.05) is 41.1 Å². The second-order valence-electron chi connectivity index (χ2n) is 9.57. The molecular formula is C29H35Cl3NO7P. The Labute approximate surface area is 256 Å². The molecule has 2 unspecified atom stereocenters. The molecule has 0 fully saturated rings. The number of phosphoric acid groups is 1. The van der Waals surface area contributed by atoms with Crippen LogP contribution in [0.4, 0.5) is 0 Å². The highest BCUT2D eigenvalue weighted by atomic mass is 35.5. The fraction of sp³-hybridized carbons (Fsp3) is 0.379. The Bertz CT molecular complexity index is 1330. The van der Waals surface area contributed by atoms with Gasteiger partial charge in [0.15, 0.2) is 6.79 Å².